The third-order valence-corrected chi connectivity index (χ3v) is 5.14. The third kappa shape index (κ3) is 2.80. The molecule has 25 heavy (non-hydrogen) atoms. The molecule has 130 valence electrons. The van der Waals surface area contributed by atoms with Crippen LogP contribution in [0, 0.1) is 13.8 Å². The van der Waals surface area contributed by atoms with E-state index in [0.29, 0.717) is 16.0 Å². The Hall–Kier alpha value is -2.67. The largest absolute Gasteiger partial charge is 0.496 e. The van der Waals surface area contributed by atoms with Crippen LogP contribution in [0.3, 0.4) is 0 Å². The van der Waals surface area contributed by atoms with Crippen LogP contribution in [-0.4, -0.2) is 27.7 Å². The van der Waals surface area contributed by atoms with Gasteiger partial charge in [0.25, 0.3) is 5.56 Å². The molecule has 2 aromatic heterocycles. The topological polar surface area (TPSA) is 81.4 Å². The second kappa shape index (κ2) is 6.33. The summed E-state index contributed by atoms with van der Waals surface area (Å²) in [6, 6.07) is 4.71. The van der Waals surface area contributed by atoms with Gasteiger partial charge in [-0.1, -0.05) is 6.07 Å². The summed E-state index contributed by atoms with van der Waals surface area (Å²) < 4.78 is 6.51. The van der Waals surface area contributed by atoms with Gasteiger partial charge in [0.05, 0.1) is 12.5 Å². The summed E-state index contributed by atoms with van der Waals surface area (Å²) in [6.45, 7) is 5.06. The van der Waals surface area contributed by atoms with Crippen molar-refractivity contribution < 1.29 is 14.6 Å². The molecular weight excluding hydrogens is 340 g/mol. The minimum atomic E-state index is -1.07. The highest BCUT2D eigenvalue weighted by atomic mass is 32.1. The van der Waals surface area contributed by atoms with Crippen LogP contribution in [0.5, 0.6) is 5.75 Å². The third-order valence-electron chi connectivity index (χ3n) is 4.27. The van der Waals surface area contributed by atoms with Gasteiger partial charge in [0.1, 0.15) is 22.4 Å². The summed E-state index contributed by atoms with van der Waals surface area (Å²) in [4.78, 5) is 29.4. The Morgan fingerprint density at radius 3 is 2.68 bits per heavy atom. The van der Waals surface area contributed by atoms with Crippen molar-refractivity contribution in [3.63, 3.8) is 0 Å². The van der Waals surface area contributed by atoms with Crippen molar-refractivity contribution in [2.24, 2.45) is 0 Å². The van der Waals surface area contributed by atoms with E-state index in [0.717, 1.165) is 22.4 Å². The predicted molar refractivity (Wildman–Crippen MR) is 97.7 cm³/mol. The molecular formula is C18H18N2O4S. The second-order valence-electron chi connectivity index (χ2n) is 5.86. The summed E-state index contributed by atoms with van der Waals surface area (Å²) >= 11 is 1.38. The highest BCUT2D eigenvalue weighted by Crippen LogP contribution is 2.33. The average Bonchev–Trinajstić information content (AvgIpc) is 2.98. The van der Waals surface area contributed by atoms with E-state index in [9.17, 15) is 14.7 Å². The van der Waals surface area contributed by atoms with Crippen LogP contribution in [0.25, 0.3) is 21.3 Å². The zero-order valence-corrected chi connectivity index (χ0v) is 15.2. The number of fused-ring (bicyclic) bond motifs is 1. The molecule has 0 aliphatic rings. The summed E-state index contributed by atoms with van der Waals surface area (Å²) in [7, 11) is 1.61. The first kappa shape index (κ1) is 17.2. The van der Waals surface area contributed by atoms with Crippen LogP contribution in [0.2, 0.25) is 0 Å². The summed E-state index contributed by atoms with van der Waals surface area (Å²) in [5, 5.41) is 11.6. The van der Waals surface area contributed by atoms with Gasteiger partial charge in [-0.15, -0.1) is 11.3 Å². The lowest BCUT2D eigenvalue weighted by Crippen LogP contribution is -2.30. The molecule has 0 bridgehead atoms. The fourth-order valence-corrected chi connectivity index (χ4v) is 3.91. The Morgan fingerprint density at radius 2 is 2.08 bits per heavy atom. The maximum Gasteiger partial charge on any atom is 0.326 e. The Morgan fingerprint density at radius 1 is 1.36 bits per heavy atom. The molecule has 7 heteroatoms. The van der Waals surface area contributed by atoms with Crippen LogP contribution >= 0.6 is 11.3 Å². The smallest absolute Gasteiger partial charge is 0.326 e. The van der Waals surface area contributed by atoms with E-state index in [2.05, 4.69) is 4.98 Å². The molecule has 0 fully saturated rings. The molecule has 1 atom stereocenters. The van der Waals surface area contributed by atoms with E-state index >= 15 is 0 Å². The Balaban J connectivity index is 2.28. The van der Waals surface area contributed by atoms with Crippen molar-refractivity contribution >= 4 is 27.5 Å². The fraction of sp³-hybridized carbons (Fsp3) is 0.278. The van der Waals surface area contributed by atoms with E-state index in [1.54, 1.807) is 14.0 Å². The minimum absolute atomic E-state index is 0.331. The van der Waals surface area contributed by atoms with Gasteiger partial charge < -0.3 is 9.84 Å². The number of carboxylic acid groups (broad SMARTS) is 1. The highest BCUT2D eigenvalue weighted by Gasteiger charge is 2.22. The molecule has 0 aliphatic heterocycles. The summed E-state index contributed by atoms with van der Waals surface area (Å²) in [5.41, 5.74) is 2.26. The van der Waals surface area contributed by atoms with Crippen LogP contribution < -0.4 is 10.3 Å². The molecule has 2 heterocycles. The maximum absolute atomic E-state index is 13.0. The van der Waals surface area contributed by atoms with E-state index in [4.69, 9.17) is 4.74 Å². The van der Waals surface area contributed by atoms with Crippen molar-refractivity contribution in [3.05, 3.63) is 45.3 Å². The van der Waals surface area contributed by atoms with Gasteiger partial charge in [-0.05, 0) is 44.0 Å². The molecule has 0 spiro atoms. The molecule has 1 aromatic carbocycles. The molecule has 0 saturated carbocycles. The van der Waals surface area contributed by atoms with E-state index in [1.165, 1.54) is 22.8 Å². The van der Waals surface area contributed by atoms with Crippen LogP contribution in [-0.2, 0) is 4.79 Å². The molecule has 0 aliphatic carbocycles. The lowest BCUT2D eigenvalue weighted by atomic mass is 10.0. The normalized spacial score (nSPS) is 12.3. The van der Waals surface area contributed by atoms with Crippen molar-refractivity contribution in [2.75, 3.05) is 7.11 Å². The number of rotatable bonds is 4. The van der Waals surface area contributed by atoms with Gasteiger partial charge in [0.15, 0.2) is 0 Å². The Bertz CT molecular complexity index is 1040. The number of carboxylic acids is 1. The Labute approximate surface area is 148 Å². The van der Waals surface area contributed by atoms with E-state index in [1.807, 2.05) is 30.5 Å². The number of benzene rings is 1. The SMILES string of the molecule is COc1ccc(-c2csc3nc(C)n(C(C)C(=O)O)c(=O)c23)cc1C. The lowest BCUT2D eigenvalue weighted by molar-refractivity contribution is -0.140. The van der Waals surface area contributed by atoms with Crippen molar-refractivity contribution in [3.8, 4) is 16.9 Å². The van der Waals surface area contributed by atoms with Gasteiger partial charge >= 0.3 is 5.97 Å². The van der Waals surface area contributed by atoms with Crippen molar-refractivity contribution in [2.45, 2.75) is 26.8 Å². The quantitative estimate of drug-likeness (QED) is 0.773. The van der Waals surface area contributed by atoms with Crippen molar-refractivity contribution in [1.29, 1.82) is 0 Å². The first-order chi connectivity index (χ1) is 11.8. The number of hydrogen-bond acceptors (Lipinski definition) is 5. The molecule has 0 radical (unpaired) electrons. The number of carbonyl (C=O) groups is 1. The molecule has 3 rings (SSSR count). The summed E-state index contributed by atoms with van der Waals surface area (Å²) in [5.74, 6) is 0.101. The van der Waals surface area contributed by atoms with Crippen molar-refractivity contribution in [1.82, 2.24) is 9.55 Å². The van der Waals surface area contributed by atoms with Crippen LogP contribution in [0.1, 0.15) is 24.4 Å². The number of aromatic nitrogens is 2. The number of methoxy groups -OCH3 is 1. The molecule has 0 amide bonds. The molecule has 6 nitrogen and oxygen atoms in total. The van der Waals surface area contributed by atoms with Gasteiger partial charge in [-0.25, -0.2) is 9.78 Å². The zero-order chi connectivity index (χ0) is 18.3. The van der Waals surface area contributed by atoms with Gasteiger partial charge in [0, 0.05) is 10.9 Å². The molecule has 1 N–H and O–H groups in total. The number of aryl methyl sites for hydroxylation is 2. The predicted octanol–water partition coefficient (Wildman–Crippen LogP) is 3.40. The number of ether oxygens (including phenoxy) is 1. The number of nitrogens with zero attached hydrogens (tertiary/aromatic N) is 2. The first-order valence-corrected chi connectivity index (χ1v) is 8.61. The van der Waals surface area contributed by atoms with Gasteiger partial charge in [-0.2, -0.15) is 0 Å². The average molecular weight is 358 g/mol. The highest BCUT2D eigenvalue weighted by molar-refractivity contribution is 7.17. The summed E-state index contributed by atoms with van der Waals surface area (Å²) in [6.07, 6.45) is 0. The Kier molecular flexibility index (Phi) is 4.34. The van der Waals surface area contributed by atoms with Crippen LogP contribution in [0.4, 0.5) is 0 Å². The second-order valence-corrected chi connectivity index (χ2v) is 6.72. The fourth-order valence-electron chi connectivity index (χ4n) is 2.93. The molecule has 0 saturated heterocycles. The lowest BCUT2D eigenvalue weighted by Gasteiger charge is -2.14. The molecule has 1 unspecified atom stereocenters. The maximum atomic E-state index is 13.0. The van der Waals surface area contributed by atoms with Crippen LogP contribution in [0.15, 0.2) is 28.4 Å². The van der Waals surface area contributed by atoms with E-state index < -0.39 is 12.0 Å². The standard InChI is InChI=1S/C18H18N2O4S/c1-9-7-12(5-6-14(9)24-4)13-8-25-16-15(13)17(21)20(11(3)19-16)10(2)18(22)23/h5-8,10H,1-4H3,(H,22,23). The minimum Gasteiger partial charge on any atom is -0.496 e. The first-order valence-electron chi connectivity index (χ1n) is 7.73. The van der Waals surface area contributed by atoms with Gasteiger partial charge in [-0.3, -0.25) is 9.36 Å². The molecule has 3 aromatic rings. The monoisotopic (exact) mass is 358 g/mol. The number of aliphatic carboxylic acids is 1. The number of hydrogen-bond donors (Lipinski definition) is 1. The van der Waals surface area contributed by atoms with Gasteiger partial charge in [0.2, 0.25) is 0 Å². The number of thiophene rings is 1. The zero-order valence-electron chi connectivity index (χ0n) is 14.4. The van der Waals surface area contributed by atoms with E-state index in [-0.39, 0.29) is 5.56 Å².